The summed E-state index contributed by atoms with van der Waals surface area (Å²) in [4.78, 5) is 27.1. The van der Waals surface area contributed by atoms with Crippen molar-refractivity contribution in [1.82, 2.24) is 24.8 Å². The number of aryl methyl sites for hydroxylation is 1. The minimum Gasteiger partial charge on any atom is -0.342 e. The highest BCUT2D eigenvalue weighted by molar-refractivity contribution is 5.71. The Balaban J connectivity index is 0.000000751. The molecule has 0 fully saturated rings. The number of carbonyl (C=O) groups excluding carboxylic acids is 1. The van der Waals surface area contributed by atoms with Crippen LogP contribution in [0.5, 0.6) is 0 Å². The first-order chi connectivity index (χ1) is 16.6. The van der Waals surface area contributed by atoms with E-state index in [2.05, 4.69) is 100.0 Å². The summed E-state index contributed by atoms with van der Waals surface area (Å²) < 4.78 is 0. The lowest BCUT2D eigenvalue weighted by molar-refractivity contribution is -0.106. The molecule has 2 aromatic carbocycles. The topological polar surface area (TPSA) is 104 Å². The lowest BCUT2D eigenvalue weighted by Gasteiger charge is -2.13. The van der Waals surface area contributed by atoms with Crippen molar-refractivity contribution in [3.8, 4) is 33.6 Å². The summed E-state index contributed by atoms with van der Waals surface area (Å²) in [6, 6.07) is 17.2. The van der Waals surface area contributed by atoms with Crippen molar-refractivity contribution in [2.24, 2.45) is 5.73 Å². The molecule has 4 rings (SSSR count). The third kappa shape index (κ3) is 6.73. The van der Waals surface area contributed by atoms with Crippen molar-refractivity contribution >= 4 is 6.29 Å². The molecule has 0 radical (unpaired) electrons. The van der Waals surface area contributed by atoms with E-state index in [-0.39, 0.29) is 6.54 Å². The van der Waals surface area contributed by atoms with Crippen molar-refractivity contribution < 1.29 is 4.79 Å². The molecule has 0 aliphatic rings. The smallest absolute Gasteiger partial charge is 0.133 e. The summed E-state index contributed by atoms with van der Waals surface area (Å²) in [6.07, 6.45) is 6.54. The predicted molar refractivity (Wildman–Crippen MR) is 138 cm³/mol. The van der Waals surface area contributed by atoms with Gasteiger partial charge >= 0.3 is 0 Å². The Bertz CT molecular complexity index is 1140. The molecule has 34 heavy (non-hydrogen) atoms. The van der Waals surface area contributed by atoms with Gasteiger partial charge in [0.15, 0.2) is 0 Å². The first-order valence-electron chi connectivity index (χ1n) is 11.7. The third-order valence-electron chi connectivity index (χ3n) is 5.44. The van der Waals surface area contributed by atoms with E-state index in [1.807, 2.05) is 12.4 Å². The zero-order valence-electron chi connectivity index (χ0n) is 20.2. The first kappa shape index (κ1) is 25.1. The van der Waals surface area contributed by atoms with Crippen LogP contribution in [0.2, 0.25) is 0 Å². The third-order valence-corrected chi connectivity index (χ3v) is 5.44. The van der Waals surface area contributed by atoms with E-state index in [0.717, 1.165) is 60.1 Å². The predicted octanol–water partition coefficient (Wildman–Crippen LogP) is 4.68. The molecule has 0 spiro atoms. The van der Waals surface area contributed by atoms with Gasteiger partial charge in [-0.3, -0.25) is 4.90 Å². The number of benzene rings is 2. The fraction of sp³-hybridized carbons (Fsp3) is 0.296. The molecule has 7 heteroatoms. The molecule has 0 saturated carbocycles. The Morgan fingerprint density at radius 1 is 0.824 bits per heavy atom. The summed E-state index contributed by atoms with van der Waals surface area (Å²) >= 11 is 0. The van der Waals surface area contributed by atoms with Gasteiger partial charge in [0, 0.05) is 13.0 Å². The first-order valence-corrected chi connectivity index (χ1v) is 11.7. The molecule has 0 unspecified atom stereocenters. The van der Waals surface area contributed by atoms with E-state index in [0.29, 0.717) is 6.29 Å². The Morgan fingerprint density at radius 2 is 1.26 bits per heavy atom. The second kappa shape index (κ2) is 12.6. The number of nitrogens with two attached hydrogens (primary N) is 1. The van der Waals surface area contributed by atoms with E-state index in [9.17, 15) is 0 Å². The highest BCUT2D eigenvalue weighted by Gasteiger charge is 2.07. The van der Waals surface area contributed by atoms with Crippen molar-refractivity contribution in [2.75, 3.05) is 20.1 Å². The molecule has 0 aliphatic heterocycles. The number of nitrogens with one attached hydrogen (secondary N) is 2. The van der Waals surface area contributed by atoms with E-state index in [1.165, 1.54) is 11.1 Å². The molecule has 7 nitrogen and oxygen atoms in total. The number of hydrogen-bond acceptors (Lipinski definition) is 5. The molecular weight excluding hydrogens is 424 g/mol. The van der Waals surface area contributed by atoms with E-state index < -0.39 is 0 Å². The number of aromatic nitrogens is 4. The maximum absolute atomic E-state index is 9.05. The van der Waals surface area contributed by atoms with Crippen LogP contribution in [-0.2, 0) is 17.8 Å². The van der Waals surface area contributed by atoms with Gasteiger partial charge in [-0.15, -0.1) is 0 Å². The number of nitrogens with zero attached hydrogens (tertiary/aromatic N) is 3. The molecule has 0 amide bonds. The number of aromatic amines is 2. The van der Waals surface area contributed by atoms with Crippen LogP contribution in [0.4, 0.5) is 0 Å². The lowest BCUT2D eigenvalue weighted by atomic mass is 10.0. The Labute approximate surface area is 201 Å². The largest absolute Gasteiger partial charge is 0.342 e. The quantitative estimate of drug-likeness (QED) is 0.316. The number of rotatable bonds is 9. The van der Waals surface area contributed by atoms with Crippen LogP contribution in [0, 0.1) is 0 Å². The zero-order chi connectivity index (χ0) is 24.3. The minimum atomic E-state index is 0.139. The van der Waals surface area contributed by atoms with Crippen molar-refractivity contribution in [3.63, 3.8) is 0 Å². The average molecular weight is 459 g/mol. The Kier molecular flexibility index (Phi) is 9.31. The molecule has 0 aliphatic carbocycles. The number of imidazole rings is 2. The molecule has 0 atom stereocenters. The van der Waals surface area contributed by atoms with E-state index in [4.69, 9.17) is 4.79 Å². The molecule has 2 aromatic heterocycles. The van der Waals surface area contributed by atoms with E-state index >= 15 is 0 Å². The van der Waals surface area contributed by atoms with Crippen LogP contribution in [0.1, 0.15) is 31.9 Å². The Hall–Kier alpha value is -3.55. The molecule has 4 aromatic rings. The van der Waals surface area contributed by atoms with Crippen molar-refractivity contribution in [2.45, 2.75) is 33.2 Å². The van der Waals surface area contributed by atoms with Gasteiger partial charge in [-0.2, -0.15) is 0 Å². The van der Waals surface area contributed by atoms with Gasteiger partial charge in [-0.1, -0.05) is 62.4 Å². The standard InChI is InChI=1S/C25H29N5.C2H5NO/c1-4-14-30(3)17-25-27-16-23(29-25)21-12-8-19(9-13-21)18-6-10-20(11-7-18)22-15-26-24(5-2)28-22;3-1-2-4/h6-13,15-16H,4-5,14,17H2,1-3H3,(H,26,28)(H,27,29);2H,1,3H2. The number of hydrogen-bond donors (Lipinski definition) is 3. The summed E-state index contributed by atoms with van der Waals surface area (Å²) in [7, 11) is 2.13. The van der Waals surface area contributed by atoms with Gasteiger partial charge in [0.25, 0.3) is 0 Å². The maximum atomic E-state index is 9.05. The van der Waals surface area contributed by atoms with Crippen molar-refractivity contribution in [3.05, 3.63) is 72.6 Å². The van der Waals surface area contributed by atoms with Gasteiger partial charge in [0.2, 0.25) is 0 Å². The highest BCUT2D eigenvalue weighted by Crippen LogP contribution is 2.26. The monoisotopic (exact) mass is 458 g/mol. The minimum absolute atomic E-state index is 0.139. The SMILES string of the molecule is CCCN(C)Cc1ncc(-c2ccc(-c3ccc(-c4cnc(CC)[nH]4)cc3)cc2)[nH]1.NCC=O. The summed E-state index contributed by atoms with van der Waals surface area (Å²) in [5, 5.41) is 0. The lowest BCUT2D eigenvalue weighted by Crippen LogP contribution is -2.19. The van der Waals surface area contributed by atoms with Gasteiger partial charge in [0.1, 0.15) is 17.9 Å². The molecule has 0 bridgehead atoms. The van der Waals surface area contributed by atoms with Crippen LogP contribution in [0.15, 0.2) is 60.9 Å². The van der Waals surface area contributed by atoms with Gasteiger partial charge < -0.3 is 20.5 Å². The fourth-order valence-corrected chi connectivity index (χ4v) is 3.68. The van der Waals surface area contributed by atoms with Crippen LogP contribution >= 0.6 is 0 Å². The van der Waals surface area contributed by atoms with Gasteiger partial charge in [-0.05, 0) is 42.3 Å². The second-order valence-corrected chi connectivity index (χ2v) is 8.14. The van der Waals surface area contributed by atoms with Crippen LogP contribution in [0.25, 0.3) is 33.6 Å². The van der Waals surface area contributed by atoms with Crippen molar-refractivity contribution in [1.29, 1.82) is 0 Å². The van der Waals surface area contributed by atoms with Crippen LogP contribution in [0.3, 0.4) is 0 Å². The number of H-pyrrole nitrogens is 2. The van der Waals surface area contributed by atoms with E-state index in [1.54, 1.807) is 0 Å². The summed E-state index contributed by atoms with van der Waals surface area (Å²) in [5.41, 5.74) is 11.5. The molecule has 2 heterocycles. The summed E-state index contributed by atoms with van der Waals surface area (Å²) in [5.74, 6) is 2.02. The highest BCUT2D eigenvalue weighted by atomic mass is 16.1. The average Bonchev–Trinajstić information content (AvgIpc) is 3.54. The molecule has 178 valence electrons. The number of aldehydes is 1. The van der Waals surface area contributed by atoms with Gasteiger partial charge in [-0.25, -0.2) is 9.97 Å². The summed E-state index contributed by atoms with van der Waals surface area (Å²) in [6.45, 7) is 6.35. The van der Waals surface area contributed by atoms with Crippen LogP contribution < -0.4 is 5.73 Å². The Morgan fingerprint density at radius 3 is 1.68 bits per heavy atom. The fourth-order valence-electron chi connectivity index (χ4n) is 3.68. The number of carbonyl (C=O) groups is 1. The normalized spacial score (nSPS) is 10.7. The molecular formula is C27H34N6O. The zero-order valence-corrected chi connectivity index (χ0v) is 20.2. The molecule has 4 N–H and O–H groups in total. The van der Waals surface area contributed by atoms with Gasteiger partial charge in [0.05, 0.1) is 30.3 Å². The molecule has 0 saturated heterocycles. The maximum Gasteiger partial charge on any atom is 0.133 e. The van der Waals surface area contributed by atoms with Crippen LogP contribution in [-0.4, -0.2) is 51.3 Å². The second-order valence-electron chi connectivity index (χ2n) is 8.14.